The molecule has 1 atom stereocenters. The lowest BCUT2D eigenvalue weighted by Gasteiger charge is -2.32. The van der Waals surface area contributed by atoms with E-state index in [4.69, 9.17) is 9.47 Å². The minimum Gasteiger partial charge on any atom is -0.497 e. The quantitative estimate of drug-likeness (QED) is 0.447. The van der Waals surface area contributed by atoms with Crippen molar-refractivity contribution in [2.75, 3.05) is 31.3 Å². The summed E-state index contributed by atoms with van der Waals surface area (Å²) >= 11 is 0. The molecule has 0 aromatic heterocycles. The fraction of sp³-hybridized carbons (Fsp3) is 0.481. The molecule has 0 aliphatic carbocycles. The van der Waals surface area contributed by atoms with E-state index in [1.165, 1.54) is 16.3 Å². The van der Waals surface area contributed by atoms with Gasteiger partial charge in [0.05, 0.1) is 26.2 Å². The highest BCUT2D eigenvalue weighted by atomic mass is 32.2. The molecule has 0 aliphatic heterocycles. The van der Waals surface area contributed by atoms with E-state index >= 15 is 0 Å². The van der Waals surface area contributed by atoms with Crippen LogP contribution in [0.4, 0.5) is 5.69 Å². The number of hydrogen-bond acceptors (Lipinski definition) is 6. The summed E-state index contributed by atoms with van der Waals surface area (Å²) in [5, 5.41) is 2.93. The molecule has 0 saturated carbocycles. The molecule has 2 aromatic carbocycles. The van der Waals surface area contributed by atoms with Gasteiger partial charge in [0.25, 0.3) is 0 Å². The van der Waals surface area contributed by atoms with Gasteiger partial charge in [-0.05, 0) is 63.9 Å². The van der Waals surface area contributed by atoms with Crippen LogP contribution in [0, 0.1) is 0 Å². The maximum atomic E-state index is 13.4. The topological polar surface area (TPSA) is 105 Å². The van der Waals surface area contributed by atoms with Crippen molar-refractivity contribution in [1.29, 1.82) is 0 Å². The summed E-state index contributed by atoms with van der Waals surface area (Å²) in [6, 6.07) is 13.3. The van der Waals surface area contributed by atoms with Crippen LogP contribution in [0.15, 0.2) is 48.5 Å². The van der Waals surface area contributed by atoms with E-state index in [-0.39, 0.29) is 37.7 Å². The normalized spacial score (nSPS) is 12.4. The molecular weight excluding hydrogens is 494 g/mol. The number of amides is 2. The van der Waals surface area contributed by atoms with Crippen molar-refractivity contribution in [2.24, 2.45) is 0 Å². The van der Waals surface area contributed by atoms with E-state index in [1.54, 1.807) is 38.3 Å². The van der Waals surface area contributed by atoms with Crippen LogP contribution in [0.25, 0.3) is 0 Å². The number of hydrogen-bond donors (Lipinski definition) is 1. The lowest BCUT2D eigenvalue weighted by molar-refractivity contribution is -0.141. The maximum Gasteiger partial charge on any atom is 0.242 e. The van der Waals surface area contributed by atoms with E-state index in [0.717, 1.165) is 11.8 Å². The Hall–Kier alpha value is -3.27. The molecule has 2 aromatic rings. The van der Waals surface area contributed by atoms with Crippen LogP contribution < -0.4 is 19.1 Å². The molecule has 0 radical (unpaired) electrons. The number of sulfonamides is 1. The van der Waals surface area contributed by atoms with Gasteiger partial charge in [-0.2, -0.15) is 0 Å². The highest BCUT2D eigenvalue weighted by Gasteiger charge is 2.28. The van der Waals surface area contributed by atoms with E-state index < -0.39 is 21.6 Å². The van der Waals surface area contributed by atoms with E-state index in [9.17, 15) is 18.0 Å². The van der Waals surface area contributed by atoms with Crippen LogP contribution in [0.3, 0.4) is 0 Å². The number of carbonyl (C=O) groups is 2. The molecule has 0 spiro atoms. The highest BCUT2D eigenvalue weighted by molar-refractivity contribution is 7.92. The lowest BCUT2D eigenvalue weighted by Crippen LogP contribution is -2.52. The predicted octanol–water partition coefficient (Wildman–Crippen LogP) is 3.58. The van der Waals surface area contributed by atoms with Gasteiger partial charge in [-0.1, -0.05) is 18.2 Å². The summed E-state index contributed by atoms with van der Waals surface area (Å²) in [5.74, 6) is 0.667. The average Bonchev–Trinajstić information content (AvgIpc) is 2.82. The lowest BCUT2D eigenvalue weighted by atomic mass is 10.1. The van der Waals surface area contributed by atoms with Crippen molar-refractivity contribution in [2.45, 2.75) is 58.7 Å². The SMILES string of the molecule is COc1cccc(CN(C(=O)CCCN(c2cccc(OC)c2)S(C)(=O)=O)C(C)C(=O)NC(C)(C)C)c1. The molecule has 10 heteroatoms. The second kappa shape index (κ2) is 12.8. The van der Waals surface area contributed by atoms with Crippen LogP contribution in [-0.2, 0) is 26.2 Å². The summed E-state index contributed by atoms with van der Waals surface area (Å²) in [6.07, 6.45) is 1.46. The number of benzene rings is 2. The first kappa shape index (κ1) is 30.0. The van der Waals surface area contributed by atoms with Gasteiger partial charge in [-0.25, -0.2) is 8.42 Å². The van der Waals surface area contributed by atoms with Gasteiger partial charge in [0.2, 0.25) is 21.8 Å². The highest BCUT2D eigenvalue weighted by Crippen LogP contribution is 2.24. The molecule has 0 bridgehead atoms. The maximum absolute atomic E-state index is 13.4. The Kier molecular flexibility index (Phi) is 10.4. The molecule has 0 saturated heterocycles. The van der Waals surface area contributed by atoms with Crippen molar-refractivity contribution in [3.05, 3.63) is 54.1 Å². The van der Waals surface area contributed by atoms with Crippen molar-refractivity contribution in [3.63, 3.8) is 0 Å². The average molecular weight is 534 g/mol. The van der Waals surface area contributed by atoms with Crippen molar-refractivity contribution >= 4 is 27.5 Å². The summed E-state index contributed by atoms with van der Waals surface area (Å²) in [6.45, 7) is 7.64. The minimum atomic E-state index is -3.59. The molecule has 2 rings (SSSR count). The van der Waals surface area contributed by atoms with Gasteiger partial charge in [0, 0.05) is 31.1 Å². The molecule has 0 heterocycles. The van der Waals surface area contributed by atoms with Gasteiger partial charge < -0.3 is 19.7 Å². The number of ether oxygens (including phenoxy) is 2. The summed E-state index contributed by atoms with van der Waals surface area (Å²) in [5.41, 5.74) is 0.820. The van der Waals surface area contributed by atoms with Crippen LogP contribution >= 0.6 is 0 Å². The smallest absolute Gasteiger partial charge is 0.242 e. The van der Waals surface area contributed by atoms with Gasteiger partial charge in [0.15, 0.2) is 0 Å². The first-order chi connectivity index (χ1) is 17.2. The molecule has 9 nitrogen and oxygen atoms in total. The third-order valence-electron chi connectivity index (χ3n) is 5.65. The minimum absolute atomic E-state index is 0.0626. The van der Waals surface area contributed by atoms with Crippen molar-refractivity contribution in [3.8, 4) is 11.5 Å². The molecule has 0 aliphatic rings. The van der Waals surface area contributed by atoms with Gasteiger partial charge in [-0.3, -0.25) is 13.9 Å². The van der Waals surface area contributed by atoms with E-state index in [0.29, 0.717) is 17.2 Å². The molecule has 1 unspecified atom stereocenters. The standard InChI is InChI=1S/C27H39N3O6S/c1-20(26(32)28-27(2,3)4)29(19-21-11-8-13-23(17-21)35-5)25(31)15-10-16-30(37(7,33)34)22-12-9-14-24(18-22)36-6/h8-9,11-14,17-18,20H,10,15-16,19H2,1-7H3,(H,28,32). The Bertz CT molecular complexity index is 1180. The first-order valence-corrected chi connectivity index (χ1v) is 14.0. The Labute approximate surface area is 220 Å². The molecule has 37 heavy (non-hydrogen) atoms. The molecule has 0 fully saturated rings. The fourth-order valence-corrected chi connectivity index (χ4v) is 4.75. The number of rotatable bonds is 12. The summed E-state index contributed by atoms with van der Waals surface area (Å²) in [4.78, 5) is 27.9. The molecule has 1 N–H and O–H groups in total. The molecule has 204 valence electrons. The summed E-state index contributed by atoms with van der Waals surface area (Å²) in [7, 11) is -0.515. The third-order valence-corrected chi connectivity index (χ3v) is 6.84. The zero-order chi connectivity index (χ0) is 27.8. The van der Waals surface area contributed by atoms with Gasteiger partial charge in [-0.15, -0.1) is 0 Å². The number of methoxy groups -OCH3 is 2. The van der Waals surface area contributed by atoms with Crippen LogP contribution in [0.5, 0.6) is 11.5 Å². The summed E-state index contributed by atoms with van der Waals surface area (Å²) < 4.78 is 36.8. The van der Waals surface area contributed by atoms with Crippen LogP contribution in [-0.4, -0.2) is 63.7 Å². The second-order valence-corrected chi connectivity index (χ2v) is 11.8. The van der Waals surface area contributed by atoms with E-state index in [2.05, 4.69) is 5.32 Å². The molecular formula is C27H39N3O6S. The molecule has 2 amide bonds. The first-order valence-electron chi connectivity index (χ1n) is 12.1. The van der Waals surface area contributed by atoms with Crippen LogP contribution in [0.2, 0.25) is 0 Å². The third kappa shape index (κ3) is 9.27. The Morgan fingerprint density at radius 2 is 1.59 bits per heavy atom. The number of anilines is 1. The Balaban J connectivity index is 2.22. The van der Waals surface area contributed by atoms with Crippen molar-refractivity contribution < 1.29 is 27.5 Å². The zero-order valence-electron chi connectivity index (χ0n) is 22.8. The van der Waals surface area contributed by atoms with Crippen LogP contribution in [0.1, 0.15) is 46.1 Å². The van der Waals surface area contributed by atoms with E-state index in [1.807, 2.05) is 45.0 Å². The largest absolute Gasteiger partial charge is 0.497 e. The van der Waals surface area contributed by atoms with Gasteiger partial charge in [0.1, 0.15) is 17.5 Å². The zero-order valence-corrected chi connectivity index (χ0v) is 23.6. The Morgan fingerprint density at radius 1 is 1.00 bits per heavy atom. The number of nitrogens with one attached hydrogen (secondary N) is 1. The predicted molar refractivity (Wildman–Crippen MR) is 145 cm³/mol. The van der Waals surface area contributed by atoms with Crippen molar-refractivity contribution in [1.82, 2.24) is 10.2 Å². The Morgan fingerprint density at radius 3 is 2.16 bits per heavy atom. The second-order valence-electron chi connectivity index (χ2n) is 9.93. The monoisotopic (exact) mass is 533 g/mol. The number of carbonyl (C=O) groups excluding carboxylic acids is 2. The number of nitrogens with zero attached hydrogens (tertiary/aromatic N) is 2. The fourth-order valence-electron chi connectivity index (χ4n) is 3.79. The van der Waals surface area contributed by atoms with Gasteiger partial charge >= 0.3 is 0 Å².